The molecule has 4 aromatic heterocycles. The van der Waals surface area contributed by atoms with Crippen LogP contribution >= 0.6 is 49.6 Å². The Morgan fingerprint density at radius 1 is 0.566 bits per heavy atom. The number of hydrogen-bond acceptors (Lipinski definition) is 10. The molecule has 2 saturated heterocycles. The van der Waals surface area contributed by atoms with Crippen LogP contribution in [0.3, 0.4) is 0 Å². The Hall–Kier alpha value is -2.26. The normalized spacial score (nSPS) is 19.7. The molecule has 4 aromatic rings. The van der Waals surface area contributed by atoms with Crippen LogP contribution in [0, 0.1) is 0 Å². The summed E-state index contributed by atoms with van der Waals surface area (Å²) in [6.07, 6.45) is 23.4. The molecule has 4 aliphatic rings. The number of halogens is 4. The van der Waals surface area contributed by atoms with Crippen LogP contribution < -0.4 is 10.6 Å². The average Bonchev–Trinajstić information content (AvgIpc) is 3.80. The zero-order valence-electron chi connectivity index (χ0n) is 31.5. The lowest BCUT2D eigenvalue weighted by Crippen LogP contribution is -2.38. The molecule has 6 heterocycles. The van der Waals surface area contributed by atoms with Gasteiger partial charge in [-0.25, -0.2) is 0 Å². The maximum atomic E-state index is 4.71. The first-order chi connectivity index (χ1) is 23.7. The smallest absolute Gasteiger partial charge is 0.181 e. The standard InChI is InChI=1S/2C18H28N6.4ClH.H2O/c2*1-14-7-4-5-11-23(14)12-6-10-19-17-15-8-2-3-9-16(15)18-21-20-13-24(18)22-17;;;;;/h2*13-14H,2-12H2,1H3,(H,19,22);4*1H;1H2. The van der Waals surface area contributed by atoms with Gasteiger partial charge in [-0.1, -0.05) is 12.8 Å². The topological polar surface area (TPSA) is 148 Å². The fourth-order valence-corrected chi connectivity index (χ4v) is 8.41. The van der Waals surface area contributed by atoms with Gasteiger partial charge in [-0.2, -0.15) is 9.03 Å². The Morgan fingerprint density at radius 2 is 0.962 bits per heavy atom. The zero-order valence-corrected chi connectivity index (χ0v) is 34.7. The van der Waals surface area contributed by atoms with Gasteiger partial charge in [0.1, 0.15) is 12.7 Å². The van der Waals surface area contributed by atoms with Gasteiger partial charge in [0.2, 0.25) is 0 Å². The largest absolute Gasteiger partial charge is 0.412 e. The molecule has 8 rings (SSSR count). The Labute approximate surface area is 339 Å². The highest BCUT2D eigenvalue weighted by molar-refractivity contribution is 5.86. The molecule has 2 fully saturated rings. The van der Waals surface area contributed by atoms with Gasteiger partial charge in [0, 0.05) is 60.5 Å². The molecule has 0 aromatic carbocycles. The van der Waals surface area contributed by atoms with Crippen LogP contribution in [0.25, 0.3) is 11.3 Å². The van der Waals surface area contributed by atoms with Gasteiger partial charge >= 0.3 is 0 Å². The summed E-state index contributed by atoms with van der Waals surface area (Å²) in [4.78, 5) is 5.27. The lowest BCUT2D eigenvalue weighted by atomic mass is 9.93. The summed E-state index contributed by atoms with van der Waals surface area (Å²) in [6.45, 7) is 11.6. The van der Waals surface area contributed by atoms with Crippen molar-refractivity contribution in [1.82, 2.24) is 49.4 Å². The van der Waals surface area contributed by atoms with Crippen molar-refractivity contribution in [2.75, 3.05) is 49.9 Å². The first kappa shape index (κ1) is 46.9. The van der Waals surface area contributed by atoms with Gasteiger partial charge in [-0.05, 0) is 117 Å². The van der Waals surface area contributed by atoms with Crippen LogP contribution in [0.15, 0.2) is 12.7 Å². The predicted octanol–water partition coefficient (Wildman–Crippen LogP) is 6.22. The Bertz CT molecular complexity index is 1540. The number of nitrogens with one attached hydrogen (secondary N) is 2. The molecule has 53 heavy (non-hydrogen) atoms. The molecule has 2 unspecified atom stereocenters. The second-order valence-electron chi connectivity index (χ2n) is 14.5. The van der Waals surface area contributed by atoms with Crippen LogP contribution in [0.2, 0.25) is 0 Å². The second kappa shape index (κ2) is 23.0. The summed E-state index contributed by atoms with van der Waals surface area (Å²) in [6, 6.07) is 1.50. The summed E-state index contributed by atoms with van der Waals surface area (Å²) in [5.41, 5.74) is 7.32. The third-order valence-corrected chi connectivity index (χ3v) is 11.2. The van der Waals surface area contributed by atoms with Gasteiger partial charge in [0.05, 0.1) is 0 Å². The Balaban J connectivity index is 0.000000335. The van der Waals surface area contributed by atoms with E-state index in [1.54, 1.807) is 12.7 Å². The third-order valence-electron chi connectivity index (χ3n) is 11.2. The lowest BCUT2D eigenvalue weighted by molar-refractivity contribution is 0.160. The number of hydrogen-bond donors (Lipinski definition) is 2. The average molecular weight is 821 g/mol. The third kappa shape index (κ3) is 11.4. The maximum Gasteiger partial charge on any atom is 0.181 e. The van der Waals surface area contributed by atoms with E-state index in [4.69, 9.17) is 10.2 Å². The summed E-state index contributed by atoms with van der Waals surface area (Å²) in [5, 5.41) is 33.2. The first-order valence-electron chi connectivity index (χ1n) is 19.0. The second-order valence-corrected chi connectivity index (χ2v) is 14.5. The summed E-state index contributed by atoms with van der Waals surface area (Å²) < 4.78 is 3.67. The summed E-state index contributed by atoms with van der Waals surface area (Å²) in [7, 11) is 0. The Kier molecular flexibility index (Phi) is 20.3. The minimum absolute atomic E-state index is 0. The van der Waals surface area contributed by atoms with E-state index >= 15 is 0 Å². The van der Waals surface area contributed by atoms with Crippen molar-refractivity contribution in [2.45, 2.75) is 129 Å². The Morgan fingerprint density at radius 3 is 1.36 bits per heavy atom. The number of anilines is 2. The van der Waals surface area contributed by atoms with E-state index in [2.05, 4.69) is 54.7 Å². The zero-order chi connectivity index (χ0) is 32.7. The number of fused-ring (bicyclic) bond motifs is 6. The van der Waals surface area contributed by atoms with Crippen LogP contribution in [-0.2, 0) is 25.7 Å². The molecule has 2 atom stereocenters. The molecule has 13 nitrogen and oxygen atoms in total. The molecule has 0 saturated carbocycles. The SMILES string of the molecule is CC1CCCCN1CCCNc1nn2cnnc2c2c1CCCC2.CC1CCCCN1CCCNc1nn2cnnc2c2c1CCCC2.Cl.Cl.Cl.Cl.O. The minimum atomic E-state index is 0. The highest BCUT2D eigenvalue weighted by Gasteiger charge is 2.22. The molecule has 4 N–H and O–H groups in total. The van der Waals surface area contributed by atoms with Crippen molar-refractivity contribution < 1.29 is 5.48 Å². The van der Waals surface area contributed by atoms with Crippen molar-refractivity contribution in [1.29, 1.82) is 0 Å². The van der Waals surface area contributed by atoms with E-state index in [0.29, 0.717) is 0 Å². The fourth-order valence-electron chi connectivity index (χ4n) is 8.41. The van der Waals surface area contributed by atoms with E-state index < -0.39 is 0 Å². The van der Waals surface area contributed by atoms with Crippen molar-refractivity contribution >= 4 is 72.6 Å². The van der Waals surface area contributed by atoms with E-state index in [9.17, 15) is 0 Å². The quantitative estimate of drug-likeness (QED) is 0.177. The highest BCUT2D eigenvalue weighted by Crippen LogP contribution is 2.30. The van der Waals surface area contributed by atoms with Crippen LogP contribution in [0.4, 0.5) is 11.6 Å². The molecule has 17 heteroatoms. The summed E-state index contributed by atoms with van der Waals surface area (Å²) in [5.74, 6) is 2.09. The van der Waals surface area contributed by atoms with Crippen LogP contribution in [-0.4, -0.2) is 106 Å². The van der Waals surface area contributed by atoms with Crippen molar-refractivity contribution in [3.63, 3.8) is 0 Å². The molecule has 300 valence electrons. The summed E-state index contributed by atoms with van der Waals surface area (Å²) >= 11 is 0. The molecular formula is C36H62Cl4N12O. The number of aromatic nitrogens is 8. The number of piperidine rings is 2. The highest BCUT2D eigenvalue weighted by atomic mass is 35.5. The molecular weight excluding hydrogens is 758 g/mol. The number of likely N-dealkylation sites (tertiary alicyclic amines) is 2. The fraction of sp³-hybridized carbons (Fsp3) is 0.722. The molecule has 0 amide bonds. The van der Waals surface area contributed by atoms with Crippen LogP contribution in [0.1, 0.15) is 113 Å². The van der Waals surface area contributed by atoms with E-state index in [1.807, 2.05) is 9.03 Å². The first-order valence-corrected chi connectivity index (χ1v) is 19.0. The van der Waals surface area contributed by atoms with Gasteiger partial charge in [0.25, 0.3) is 0 Å². The molecule has 0 spiro atoms. The van der Waals surface area contributed by atoms with E-state index in [1.165, 1.54) is 125 Å². The van der Waals surface area contributed by atoms with Gasteiger partial charge < -0.3 is 25.9 Å². The van der Waals surface area contributed by atoms with Gasteiger partial charge in [-0.3, -0.25) is 0 Å². The van der Waals surface area contributed by atoms with Crippen molar-refractivity contribution in [3.8, 4) is 0 Å². The van der Waals surface area contributed by atoms with E-state index in [0.717, 1.165) is 73.8 Å². The predicted molar refractivity (Wildman–Crippen MR) is 223 cm³/mol. The monoisotopic (exact) mass is 818 g/mol. The van der Waals surface area contributed by atoms with Gasteiger partial charge in [0.15, 0.2) is 22.9 Å². The van der Waals surface area contributed by atoms with Crippen LogP contribution in [0.5, 0.6) is 0 Å². The van der Waals surface area contributed by atoms with Crippen molar-refractivity contribution in [2.24, 2.45) is 0 Å². The molecule has 2 aliphatic carbocycles. The van der Waals surface area contributed by atoms with E-state index in [-0.39, 0.29) is 55.1 Å². The lowest BCUT2D eigenvalue weighted by Gasteiger charge is -2.33. The number of aryl methyl sites for hydroxylation is 2. The number of rotatable bonds is 10. The number of nitrogens with zero attached hydrogens (tertiary/aromatic N) is 10. The molecule has 2 aliphatic heterocycles. The minimum Gasteiger partial charge on any atom is -0.412 e. The molecule has 0 radical (unpaired) electrons. The molecule has 0 bridgehead atoms. The van der Waals surface area contributed by atoms with Crippen molar-refractivity contribution in [3.05, 3.63) is 34.9 Å². The maximum absolute atomic E-state index is 4.71. The van der Waals surface area contributed by atoms with Gasteiger partial charge in [-0.15, -0.1) is 80.2 Å².